The highest BCUT2D eigenvalue weighted by Crippen LogP contribution is 2.33. The summed E-state index contributed by atoms with van der Waals surface area (Å²) < 4.78 is 0. The second kappa shape index (κ2) is 7.25. The second-order valence-corrected chi connectivity index (χ2v) is 7.07. The minimum absolute atomic E-state index is 0.318. The Hall–Kier alpha value is -2.38. The zero-order chi connectivity index (χ0) is 17.1. The van der Waals surface area contributed by atoms with Crippen molar-refractivity contribution in [2.75, 3.05) is 11.9 Å². The number of rotatable bonds is 5. The van der Waals surface area contributed by atoms with Gasteiger partial charge in [0.2, 0.25) is 0 Å². The first kappa shape index (κ1) is 16.1. The van der Waals surface area contributed by atoms with Gasteiger partial charge in [0.25, 0.3) is 0 Å². The van der Waals surface area contributed by atoms with Crippen molar-refractivity contribution in [3.8, 4) is 0 Å². The third-order valence-corrected chi connectivity index (χ3v) is 5.03. The second-order valence-electron chi connectivity index (χ2n) is 6.18. The summed E-state index contributed by atoms with van der Waals surface area (Å²) in [4.78, 5) is 20.2. The predicted octanol–water partition coefficient (Wildman–Crippen LogP) is 3.72. The average molecular weight is 352 g/mol. The molecule has 0 saturated carbocycles. The molecule has 1 N–H and O–H groups in total. The van der Waals surface area contributed by atoms with Crippen molar-refractivity contribution in [1.82, 2.24) is 24.8 Å². The molecule has 1 aliphatic heterocycles. The number of aryl methyl sites for hydroxylation is 1. The number of hydrogen-bond acceptors (Lipinski definition) is 7. The van der Waals surface area contributed by atoms with E-state index in [4.69, 9.17) is 4.98 Å². The van der Waals surface area contributed by atoms with E-state index in [1.165, 1.54) is 12.0 Å². The van der Waals surface area contributed by atoms with Gasteiger partial charge in [-0.25, -0.2) is 15.0 Å². The lowest BCUT2D eigenvalue weighted by atomic mass is 10.1. The molecule has 1 fully saturated rings. The zero-order valence-corrected chi connectivity index (χ0v) is 14.9. The predicted molar refractivity (Wildman–Crippen MR) is 98.8 cm³/mol. The molecule has 0 radical (unpaired) electrons. The molecule has 0 aliphatic carbocycles. The van der Waals surface area contributed by atoms with Gasteiger partial charge in [-0.3, -0.25) is 9.88 Å². The summed E-state index contributed by atoms with van der Waals surface area (Å²) in [6.45, 7) is 3.92. The van der Waals surface area contributed by atoms with Gasteiger partial charge in [-0.2, -0.15) is 0 Å². The zero-order valence-electron chi connectivity index (χ0n) is 14.1. The summed E-state index contributed by atoms with van der Waals surface area (Å²) in [6, 6.07) is 6.49. The lowest BCUT2D eigenvalue weighted by Crippen LogP contribution is -2.24. The van der Waals surface area contributed by atoms with Crippen LogP contribution in [0.25, 0.3) is 0 Å². The van der Waals surface area contributed by atoms with Crippen LogP contribution in [0.4, 0.5) is 10.9 Å². The molecule has 3 aromatic heterocycles. The summed E-state index contributed by atoms with van der Waals surface area (Å²) in [6.07, 6.45) is 7.84. The lowest BCUT2D eigenvalue weighted by molar-refractivity contribution is 0.244. The SMILES string of the molecule is Cc1nc(Nc2nccs2)cc([C@H]2CCCN2Cc2cccnc2)n1. The molecular formula is C18H20N6S. The maximum absolute atomic E-state index is 4.71. The van der Waals surface area contributed by atoms with Gasteiger partial charge in [0.15, 0.2) is 5.13 Å². The fourth-order valence-electron chi connectivity index (χ4n) is 3.30. The van der Waals surface area contributed by atoms with Crippen molar-refractivity contribution in [1.29, 1.82) is 0 Å². The Bertz CT molecular complexity index is 821. The number of aromatic nitrogens is 4. The minimum atomic E-state index is 0.318. The Kier molecular flexibility index (Phi) is 4.67. The summed E-state index contributed by atoms with van der Waals surface area (Å²) in [5, 5.41) is 6.08. The molecular weight excluding hydrogens is 332 g/mol. The molecule has 1 atom stereocenters. The fraction of sp³-hybridized carbons (Fsp3) is 0.333. The highest BCUT2D eigenvalue weighted by atomic mass is 32.1. The number of hydrogen-bond donors (Lipinski definition) is 1. The first-order chi connectivity index (χ1) is 12.3. The van der Waals surface area contributed by atoms with Crippen LogP contribution in [0.15, 0.2) is 42.2 Å². The first-order valence-corrected chi connectivity index (χ1v) is 9.31. The van der Waals surface area contributed by atoms with Gasteiger partial charge >= 0.3 is 0 Å². The summed E-state index contributed by atoms with van der Waals surface area (Å²) >= 11 is 1.56. The Morgan fingerprint density at radius 1 is 1.32 bits per heavy atom. The van der Waals surface area contributed by atoms with Crippen molar-refractivity contribution in [3.05, 3.63) is 59.3 Å². The van der Waals surface area contributed by atoms with E-state index in [1.807, 2.05) is 30.8 Å². The van der Waals surface area contributed by atoms with Crippen LogP contribution in [0.5, 0.6) is 0 Å². The van der Waals surface area contributed by atoms with Crippen LogP contribution in [-0.4, -0.2) is 31.4 Å². The molecule has 7 heteroatoms. The molecule has 4 rings (SSSR count). The molecule has 0 spiro atoms. The third-order valence-electron chi connectivity index (χ3n) is 4.34. The van der Waals surface area contributed by atoms with E-state index in [0.717, 1.165) is 42.0 Å². The fourth-order valence-corrected chi connectivity index (χ4v) is 3.83. The van der Waals surface area contributed by atoms with Gasteiger partial charge in [0.05, 0.1) is 11.7 Å². The highest BCUT2D eigenvalue weighted by molar-refractivity contribution is 7.13. The van der Waals surface area contributed by atoms with Crippen molar-refractivity contribution in [2.45, 2.75) is 32.4 Å². The minimum Gasteiger partial charge on any atom is -0.316 e. The van der Waals surface area contributed by atoms with Crippen molar-refractivity contribution >= 4 is 22.3 Å². The van der Waals surface area contributed by atoms with Crippen LogP contribution in [0.2, 0.25) is 0 Å². The molecule has 1 aliphatic rings. The molecule has 0 bridgehead atoms. The van der Waals surface area contributed by atoms with Crippen LogP contribution in [-0.2, 0) is 6.54 Å². The Labute approximate surface area is 151 Å². The maximum Gasteiger partial charge on any atom is 0.188 e. The number of likely N-dealkylation sites (tertiary alicyclic amines) is 1. The molecule has 0 aromatic carbocycles. The monoisotopic (exact) mass is 352 g/mol. The molecule has 0 unspecified atom stereocenters. The maximum atomic E-state index is 4.71. The molecule has 1 saturated heterocycles. The van der Waals surface area contributed by atoms with Crippen LogP contribution >= 0.6 is 11.3 Å². The number of thiazole rings is 1. The Morgan fingerprint density at radius 2 is 2.28 bits per heavy atom. The lowest BCUT2D eigenvalue weighted by Gasteiger charge is -2.24. The normalized spacial score (nSPS) is 17.7. The standard InChI is InChI=1S/C18H20N6S/c1-13-21-15(10-17(22-13)23-18-20-7-9-25-18)16-5-3-8-24(16)12-14-4-2-6-19-11-14/h2,4,6-7,9-11,16H,3,5,8,12H2,1H3,(H,20,21,22,23)/t16-/m1/s1. The van der Waals surface area contributed by atoms with E-state index >= 15 is 0 Å². The van der Waals surface area contributed by atoms with E-state index < -0.39 is 0 Å². The van der Waals surface area contributed by atoms with Crippen molar-refractivity contribution in [3.63, 3.8) is 0 Å². The first-order valence-electron chi connectivity index (χ1n) is 8.43. The molecule has 128 valence electrons. The van der Waals surface area contributed by atoms with E-state index in [0.29, 0.717) is 6.04 Å². The van der Waals surface area contributed by atoms with Gasteiger partial charge in [-0.15, -0.1) is 11.3 Å². The van der Waals surface area contributed by atoms with E-state index in [1.54, 1.807) is 17.5 Å². The summed E-state index contributed by atoms with van der Waals surface area (Å²) in [5.74, 6) is 1.59. The quantitative estimate of drug-likeness (QED) is 0.755. The van der Waals surface area contributed by atoms with Gasteiger partial charge in [-0.1, -0.05) is 6.07 Å². The Balaban J connectivity index is 1.56. The van der Waals surface area contributed by atoms with E-state index in [2.05, 4.69) is 37.3 Å². The van der Waals surface area contributed by atoms with Gasteiger partial charge < -0.3 is 5.32 Å². The average Bonchev–Trinajstić information content (AvgIpc) is 3.27. The van der Waals surface area contributed by atoms with E-state index in [9.17, 15) is 0 Å². The van der Waals surface area contributed by atoms with Crippen LogP contribution in [0.1, 0.15) is 36.0 Å². The van der Waals surface area contributed by atoms with Gasteiger partial charge in [0.1, 0.15) is 11.6 Å². The molecule has 3 aromatic rings. The third kappa shape index (κ3) is 3.83. The van der Waals surface area contributed by atoms with Gasteiger partial charge in [0, 0.05) is 36.6 Å². The van der Waals surface area contributed by atoms with Crippen LogP contribution in [0, 0.1) is 6.92 Å². The van der Waals surface area contributed by atoms with Gasteiger partial charge in [-0.05, 0) is 37.9 Å². The molecule has 25 heavy (non-hydrogen) atoms. The smallest absolute Gasteiger partial charge is 0.188 e. The topological polar surface area (TPSA) is 66.8 Å². The number of nitrogens with one attached hydrogen (secondary N) is 1. The number of pyridine rings is 1. The van der Waals surface area contributed by atoms with Crippen LogP contribution < -0.4 is 5.32 Å². The van der Waals surface area contributed by atoms with Crippen molar-refractivity contribution < 1.29 is 0 Å². The Morgan fingerprint density at radius 3 is 3.08 bits per heavy atom. The molecule has 6 nitrogen and oxygen atoms in total. The van der Waals surface area contributed by atoms with Crippen LogP contribution in [0.3, 0.4) is 0 Å². The summed E-state index contributed by atoms with van der Waals surface area (Å²) in [7, 11) is 0. The summed E-state index contributed by atoms with van der Waals surface area (Å²) in [5.41, 5.74) is 2.31. The van der Waals surface area contributed by atoms with Crippen molar-refractivity contribution in [2.24, 2.45) is 0 Å². The highest BCUT2D eigenvalue weighted by Gasteiger charge is 2.27. The molecule has 4 heterocycles. The molecule has 0 amide bonds. The van der Waals surface area contributed by atoms with E-state index in [-0.39, 0.29) is 0 Å². The number of nitrogens with zero attached hydrogens (tertiary/aromatic N) is 5. The largest absolute Gasteiger partial charge is 0.316 e. The number of anilines is 2.